The van der Waals surface area contributed by atoms with Gasteiger partial charge in [-0.1, -0.05) is 5.16 Å². The maximum absolute atomic E-state index is 12.4. The second-order valence-corrected chi connectivity index (χ2v) is 6.52. The van der Waals surface area contributed by atoms with Gasteiger partial charge in [-0.05, 0) is 39.0 Å². The number of carbonyl (C=O) groups excluding carboxylic acids is 1. The van der Waals surface area contributed by atoms with Gasteiger partial charge in [0.05, 0.1) is 24.4 Å². The lowest BCUT2D eigenvalue weighted by Crippen LogP contribution is -2.40. The van der Waals surface area contributed by atoms with Crippen molar-refractivity contribution in [3.63, 3.8) is 0 Å². The van der Waals surface area contributed by atoms with Crippen LogP contribution in [-0.2, 0) is 9.47 Å². The number of rotatable bonds is 7. The van der Waals surface area contributed by atoms with Gasteiger partial charge in [0.1, 0.15) is 0 Å². The van der Waals surface area contributed by atoms with Crippen molar-refractivity contribution in [2.75, 3.05) is 32.9 Å². The van der Waals surface area contributed by atoms with Gasteiger partial charge in [-0.15, -0.1) is 0 Å². The van der Waals surface area contributed by atoms with Crippen LogP contribution in [0.3, 0.4) is 0 Å². The summed E-state index contributed by atoms with van der Waals surface area (Å²) in [6.45, 7) is 5.42. The maximum Gasteiger partial charge on any atom is 0.318 e. The number of ether oxygens (including phenoxy) is 2. The average molecular weight is 337 g/mol. The number of nitrogens with zero attached hydrogens (tertiary/aromatic N) is 2. The van der Waals surface area contributed by atoms with Crippen LogP contribution in [0, 0.1) is 6.92 Å². The lowest BCUT2D eigenvalue weighted by atomic mass is 10.1. The summed E-state index contributed by atoms with van der Waals surface area (Å²) in [6.07, 6.45) is 5.20. The number of hydrogen-bond acceptors (Lipinski definition) is 5. The van der Waals surface area contributed by atoms with Crippen molar-refractivity contribution in [2.24, 2.45) is 0 Å². The van der Waals surface area contributed by atoms with Gasteiger partial charge in [0, 0.05) is 32.4 Å². The number of urea groups is 1. The minimum Gasteiger partial charge on any atom is -0.379 e. The highest BCUT2D eigenvalue weighted by Crippen LogP contribution is 2.32. The van der Waals surface area contributed by atoms with Gasteiger partial charge in [-0.25, -0.2) is 4.79 Å². The van der Waals surface area contributed by atoms with Gasteiger partial charge in [0.2, 0.25) is 0 Å². The Balaban J connectivity index is 1.33. The molecule has 134 valence electrons. The van der Waals surface area contributed by atoms with Crippen molar-refractivity contribution >= 4 is 6.03 Å². The van der Waals surface area contributed by atoms with E-state index in [2.05, 4.69) is 10.5 Å². The molecule has 1 N–H and O–H groups in total. The number of hydrogen-bond donors (Lipinski definition) is 1. The van der Waals surface area contributed by atoms with Crippen LogP contribution in [0.1, 0.15) is 49.6 Å². The first-order chi connectivity index (χ1) is 11.7. The molecule has 7 nitrogen and oxygen atoms in total. The van der Waals surface area contributed by atoms with Crippen LogP contribution < -0.4 is 5.32 Å². The van der Waals surface area contributed by atoms with Crippen LogP contribution in [0.2, 0.25) is 0 Å². The summed E-state index contributed by atoms with van der Waals surface area (Å²) in [4.78, 5) is 14.2. The zero-order chi connectivity index (χ0) is 16.8. The van der Waals surface area contributed by atoms with E-state index in [9.17, 15) is 4.79 Å². The van der Waals surface area contributed by atoms with Gasteiger partial charge in [0.25, 0.3) is 0 Å². The molecule has 2 saturated heterocycles. The van der Waals surface area contributed by atoms with Crippen LogP contribution in [-0.4, -0.2) is 55.1 Å². The zero-order valence-electron chi connectivity index (χ0n) is 14.3. The van der Waals surface area contributed by atoms with E-state index in [1.165, 1.54) is 0 Å². The molecule has 1 aromatic rings. The summed E-state index contributed by atoms with van der Waals surface area (Å²) < 4.78 is 16.4. The quantitative estimate of drug-likeness (QED) is 0.773. The molecular formula is C17H27N3O4. The first kappa shape index (κ1) is 17.2. The van der Waals surface area contributed by atoms with Crippen LogP contribution in [0.15, 0.2) is 10.6 Å². The molecule has 7 heteroatoms. The Kier molecular flexibility index (Phi) is 6.09. The van der Waals surface area contributed by atoms with E-state index in [0.717, 1.165) is 56.7 Å². The summed E-state index contributed by atoms with van der Waals surface area (Å²) in [7, 11) is 0. The van der Waals surface area contributed by atoms with Crippen LogP contribution in [0.4, 0.5) is 4.79 Å². The Morgan fingerprint density at radius 3 is 3.12 bits per heavy atom. The third-order valence-electron chi connectivity index (χ3n) is 4.56. The Labute approximate surface area is 142 Å². The number of carbonyl (C=O) groups is 1. The Morgan fingerprint density at radius 1 is 1.46 bits per heavy atom. The minimum atomic E-state index is -0.0364. The normalized spacial score (nSPS) is 23.8. The fourth-order valence-corrected chi connectivity index (χ4v) is 3.31. The highest BCUT2D eigenvalue weighted by Gasteiger charge is 2.32. The SMILES string of the molecule is Cc1cc([C@H]2CCCN2C(=O)NCCCOC[C@@H]2CCCO2)on1. The highest BCUT2D eigenvalue weighted by atomic mass is 16.5. The molecule has 0 saturated carbocycles. The molecule has 0 aromatic carbocycles. The second-order valence-electron chi connectivity index (χ2n) is 6.52. The van der Waals surface area contributed by atoms with Crippen LogP contribution in [0.25, 0.3) is 0 Å². The van der Waals surface area contributed by atoms with E-state index in [0.29, 0.717) is 19.8 Å². The molecule has 2 amide bonds. The zero-order valence-corrected chi connectivity index (χ0v) is 14.3. The van der Waals surface area contributed by atoms with Gasteiger partial charge in [-0.2, -0.15) is 0 Å². The Bertz CT molecular complexity index is 528. The molecule has 1 aromatic heterocycles. The predicted molar refractivity (Wildman–Crippen MR) is 87.7 cm³/mol. The number of amides is 2. The van der Waals surface area contributed by atoms with E-state index in [1.807, 2.05) is 17.9 Å². The van der Waals surface area contributed by atoms with Crippen molar-refractivity contribution in [3.8, 4) is 0 Å². The van der Waals surface area contributed by atoms with Gasteiger partial charge in [0.15, 0.2) is 5.76 Å². The smallest absolute Gasteiger partial charge is 0.318 e. The molecule has 2 aliphatic rings. The maximum atomic E-state index is 12.4. The lowest BCUT2D eigenvalue weighted by molar-refractivity contribution is 0.0167. The molecule has 2 aliphatic heterocycles. The molecule has 0 aliphatic carbocycles. The van der Waals surface area contributed by atoms with Gasteiger partial charge < -0.3 is 24.2 Å². The summed E-state index contributed by atoms with van der Waals surface area (Å²) in [5.41, 5.74) is 0.848. The third-order valence-corrected chi connectivity index (χ3v) is 4.56. The largest absolute Gasteiger partial charge is 0.379 e. The third kappa shape index (κ3) is 4.48. The molecule has 0 bridgehead atoms. The van der Waals surface area contributed by atoms with E-state index >= 15 is 0 Å². The van der Waals surface area contributed by atoms with Gasteiger partial charge >= 0.3 is 6.03 Å². The molecule has 3 heterocycles. The molecule has 0 unspecified atom stereocenters. The fourth-order valence-electron chi connectivity index (χ4n) is 3.31. The highest BCUT2D eigenvalue weighted by molar-refractivity contribution is 5.74. The number of nitrogens with one attached hydrogen (secondary N) is 1. The summed E-state index contributed by atoms with van der Waals surface area (Å²) >= 11 is 0. The molecule has 0 radical (unpaired) electrons. The number of likely N-dealkylation sites (tertiary alicyclic amines) is 1. The minimum absolute atomic E-state index is 0.00182. The van der Waals surface area contributed by atoms with Crippen LogP contribution in [0.5, 0.6) is 0 Å². The van der Waals surface area contributed by atoms with E-state index in [4.69, 9.17) is 14.0 Å². The summed E-state index contributed by atoms with van der Waals surface area (Å²) in [6, 6.07) is 1.88. The first-order valence-corrected chi connectivity index (χ1v) is 8.91. The predicted octanol–water partition coefficient (Wildman–Crippen LogP) is 2.42. The average Bonchev–Trinajstić information content (AvgIpc) is 3.30. The fraction of sp³-hybridized carbons (Fsp3) is 0.765. The van der Waals surface area contributed by atoms with Crippen molar-refractivity contribution in [3.05, 3.63) is 17.5 Å². The molecule has 2 atom stereocenters. The standard InChI is InChI=1S/C17H27N3O4/c1-13-11-16(24-19-13)15-6-2-8-20(15)17(21)18-7-4-9-22-12-14-5-3-10-23-14/h11,14-15H,2-10,12H2,1H3,(H,18,21)/t14-,15+/m0/s1. The Morgan fingerprint density at radius 2 is 2.38 bits per heavy atom. The monoisotopic (exact) mass is 337 g/mol. The van der Waals surface area contributed by atoms with E-state index < -0.39 is 0 Å². The molecular weight excluding hydrogens is 310 g/mol. The van der Waals surface area contributed by atoms with Gasteiger partial charge in [-0.3, -0.25) is 0 Å². The summed E-state index contributed by atoms with van der Waals surface area (Å²) in [5.74, 6) is 0.778. The molecule has 24 heavy (non-hydrogen) atoms. The van der Waals surface area contributed by atoms with E-state index in [-0.39, 0.29) is 18.2 Å². The molecule has 2 fully saturated rings. The molecule has 0 spiro atoms. The van der Waals surface area contributed by atoms with Crippen molar-refractivity contribution in [2.45, 2.75) is 51.2 Å². The summed E-state index contributed by atoms with van der Waals surface area (Å²) in [5, 5.41) is 6.90. The number of aryl methyl sites for hydroxylation is 1. The number of aromatic nitrogens is 1. The van der Waals surface area contributed by atoms with Crippen molar-refractivity contribution < 1.29 is 18.8 Å². The molecule has 3 rings (SSSR count). The van der Waals surface area contributed by atoms with Crippen molar-refractivity contribution in [1.82, 2.24) is 15.4 Å². The van der Waals surface area contributed by atoms with Crippen LogP contribution >= 0.6 is 0 Å². The Hall–Kier alpha value is -1.60. The topological polar surface area (TPSA) is 76.8 Å². The second kappa shape index (κ2) is 8.48. The van der Waals surface area contributed by atoms with Crippen molar-refractivity contribution in [1.29, 1.82) is 0 Å². The van der Waals surface area contributed by atoms with E-state index in [1.54, 1.807) is 0 Å². The lowest BCUT2D eigenvalue weighted by Gasteiger charge is -2.23. The first-order valence-electron chi connectivity index (χ1n) is 8.91.